The van der Waals surface area contributed by atoms with E-state index >= 15 is 0 Å². The Morgan fingerprint density at radius 2 is 0.638 bits per heavy atom. The SMILES string of the molecule is Oc1c(Cc2ccccc2)cc(C2(c3cc(Cc4ccccc4)c(O)c(Cc4ccccc4)c3)CCCC2)cc1Cc1ccccc1. The molecule has 1 saturated carbocycles. The van der Waals surface area contributed by atoms with Crippen LogP contribution in [0.1, 0.15) is 81.3 Å². The first-order valence-corrected chi connectivity index (χ1v) is 16.9. The molecule has 0 aromatic heterocycles. The molecule has 1 aliphatic carbocycles. The molecule has 0 saturated heterocycles. The molecule has 0 aliphatic heterocycles. The van der Waals surface area contributed by atoms with E-state index in [1.165, 1.54) is 33.4 Å². The van der Waals surface area contributed by atoms with Crippen LogP contribution in [0.3, 0.4) is 0 Å². The van der Waals surface area contributed by atoms with Gasteiger partial charge in [-0.05, 0) is 68.5 Å². The second kappa shape index (κ2) is 13.7. The Labute approximate surface area is 279 Å². The summed E-state index contributed by atoms with van der Waals surface area (Å²) in [6, 6.07) is 50.9. The maximum Gasteiger partial charge on any atom is 0.122 e. The van der Waals surface area contributed by atoms with E-state index in [4.69, 9.17) is 0 Å². The highest BCUT2D eigenvalue weighted by Gasteiger charge is 2.39. The zero-order chi connectivity index (χ0) is 32.1. The summed E-state index contributed by atoms with van der Waals surface area (Å²) >= 11 is 0. The van der Waals surface area contributed by atoms with Gasteiger partial charge in [-0.25, -0.2) is 0 Å². The predicted molar refractivity (Wildman–Crippen MR) is 192 cm³/mol. The van der Waals surface area contributed by atoms with E-state index in [1.807, 2.05) is 24.3 Å². The fourth-order valence-electron chi connectivity index (χ4n) is 7.60. The standard InChI is InChI=1S/C45H42O2/c46-43-37(25-33-15-5-1-6-16-33)29-41(30-38(43)26-34-17-7-2-8-18-34)45(23-13-14-24-45)42-31-39(27-35-19-9-3-10-20-35)44(47)40(32-42)28-36-21-11-4-12-22-36/h1-12,15-22,29-32,46-47H,13-14,23-28H2. The molecule has 0 amide bonds. The maximum atomic E-state index is 11.8. The Morgan fingerprint density at radius 1 is 0.383 bits per heavy atom. The summed E-state index contributed by atoms with van der Waals surface area (Å²) in [7, 11) is 0. The minimum atomic E-state index is -0.213. The number of aromatic hydroxyl groups is 2. The van der Waals surface area contributed by atoms with Gasteiger partial charge in [0.1, 0.15) is 11.5 Å². The van der Waals surface area contributed by atoms with Crippen molar-refractivity contribution in [1.82, 2.24) is 0 Å². The molecule has 2 N–H and O–H groups in total. The molecule has 1 fully saturated rings. The van der Waals surface area contributed by atoms with Crippen molar-refractivity contribution in [3.05, 3.63) is 201 Å². The van der Waals surface area contributed by atoms with E-state index in [2.05, 4.69) is 121 Å². The third kappa shape index (κ3) is 6.74. The highest BCUT2D eigenvalue weighted by Crippen LogP contribution is 2.50. The van der Waals surface area contributed by atoms with E-state index in [1.54, 1.807) is 0 Å². The van der Waals surface area contributed by atoms with Crippen LogP contribution in [0.25, 0.3) is 0 Å². The van der Waals surface area contributed by atoms with Gasteiger partial charge in [0.15, 0.2) is 0 Å². The van der Waals surface area contributed by atoms with Gasteiger partial charge >= 0.3 is 0 Å². The minimum Gasteiger partial charge on any atom is -0.507 e. The first-order valence-electron chi connectivity index (χ1n) is 16.9. The van der Waals surface area contributed by atoms with Gasteiger partial charge < -0.3 is 10.2 Å². The van der Waals surface area contributed by atoms with Crippen LogP contribution in [0, 0.1) is 0 Å². The second-order valence-corrected chi connectivity index (χ2v) is 13.2. The minimum absolute atomic E-state index is 0.213. The first kappa shape index (κ1) is 30.6. The van der Waals surface area contributed by atoms with Gasteiger partial charge in [-0.2, -0.15) is 0 Å². The molecule has 2 nitrogen and oxygen atoms in total. The fraction of sp³-hybridized carbons (Fsp3) is 0.200. The van der Waals surface area contributed by atoms with Gasteiger partial charge in [0.2, 0.25) is 0 Å². The molecule has 0 spiro atoms. The van der Waals surface area contributed by atoms with Crippen LogP contribution in [0.2, 0.25) is 0 Å². The van der Waals surface area contributed by atoms with Crippen molar-refractivity contribution in [3.8, 4) is 11.5 Å². The third-order valence-corrected chi connectivity index (χ3v) is 10.0. The summed E-state index contributed by atoms with van der Waals surface area (Å²) in [4.78, 5) is 0. The van der Waals surface area contributed by atoms with Gasteiger partial charge in [0.05, 0.1) is 0 Å². The molecular weight excluding hydrogens is 572 g/mol. The van der Waals surface area contributed by atoms with Crippen LogP contribution in [-0.4, -0.2) is 10.2 Å². The summed E-state index contributed by atoms with van der Waals surface area (Å²) in [6.07, 6.45) is 7.05. The van der Waals surface area contributed by atoms with Crippen molar-refractivity contribution in [2.24, 2.45) is 0 Å². The number of rotatable bonds is 10. The molecular formula is C45H42O2. The molecule has 6 aromatic carbocycles. The molecule has 7 rings (SSSR count). The van der Waals surface area contributed by atoms with E-state index in [0.29, 0.717) is 37.2 Å². The number of hydrogen-bond acceptors (Lipinski definition) is 2. The maximum absolute atomic E-state index is 11.8. The lowest BCUT2D eigenvalue weighted by atomic mass is 9.70. The molecule has 1 aliphatic rings. The molecule has 0 radical (unpaired) electrons. The monoisotopic (exact) mass is 614 g/mol. The summed E-state index contributed by atoms with van der Waals surface area (Å²) in [5.41, 5.74) is 11.0. The van der Waals surface area contributed by atoms with Gasteiger partial charge in [-0.1, -0.05) is 158 Å². The fourth-order valence-corrected chi connectivity index (χ4v) is 7.60. The van der Waals surface area contributed by atoms with Crippen LogP contribution in [0.5, 0.6) is 11.5 Å². The third-order valence-electron chi connectivity index (χ3n) is 10.0. The van der Waals surface area contributed by atoms with E-state index in [0.717, 1.165) is 47.9 Å². The lowest BCUT2D eigenvalue weighted by Gasteiger charge is -2.33. The molecule has 0 heterocycles. The average Bonchev–Trinajstić information content (AvgIpc) is 3.61. The van der Waals surface area contributed by atoms with Crippen molar-refractivity contribution >= 4 is 0 Å². The molecule has 6 aromatic rings. The van der Waals surface area contributed by atoms with Gasteiger partial charge in [0.25, 0.3) is 0 Å². The number of benzene rings is 6. The summed E-state index contributed by atoms with van der Waals surface area (Å²) in [5, 5.41) is 23.5. The Hall–Kier alpha value is -5.08. The van der Waals surface area contributed by atoms with Crippen LogP contribution in [0.15, 0.2) is 146 Å². The average molecular weight is 615 g/mol. The van der Waals surface area contributed by atoms with E-state index in [9.17, 15) is 10.2 Å². The number of phenolic OH excluding ortho intramolecular Hbond substituents is 2. The quantitative estimate of drug-likeness (QED) is 0.161. The van der Waals surface area contributed by atoms with Gasteiger partial charge in [-0.3, -0.25) is 0 Å². The van der Waals surface area contributed by atoms with Crippen molar-refractivity contribution in [1.29, 1.82) is 0 Å². The number of hydrogen-bond donors (Lipinski definition) is 2. The Bertz CT molecular complexity index is 1660. The summed E-state index contributed by atoms with van der Waals surface area (Å²) in [5.74, 6) is 0.796. The Balaban J connectivity index is 1.39. The van der Waals surface area contributed by atoms with Crippen molar-refractivity contribution < 1.29 is 10.2 Å². The topological polar surface area (TPSA) is 40.5 Å². The largest absolute Gasteiger partial charge is 0.507 e. The van der Waals surface area contributed by atoms with Crippen LogP contribution in [-0.2, 0) is 31.1 Å². The zero-order valence-electron chi connectivity index (χ0n) is 26.9. The number of phenols is 2. The van der Waals surface area contributed by atoms with Crippen LogP contribution < -0.4 is 0 Å². The lowest BCUT2D eigenvalue weighted by molar-refractivity contribution is 0.458. The molecule has 234 valence electrons. The molecule has 0 unspecified atom stereocenters. The second-order valence-electron chi connectivity index (χ2n) is 13.2. The first-order chi connectivity index (χ1) is 23.1. The van der Waals surface area contributed by atoms with Crippen LogP contribution in [0.4, 0.5) is 0 Å². The van der Waals surface area contributed by atoms with Crippen molar-refractivity contribution in [2.75, 3.05) is 0 Å². The van der Waals surface area contributed by atoms with Crippen molar-refractivity contribution in [3.63, 3.8) is 0 Å². The molecule has 2 heteroatoms. The zero-order valence-corrected chi connectivity index (χ0v) is 26.9. The predicted octanol–water partition coefficient (Wildman–Crippen LogP) is 10.3. The Kier molecular flexibility index (Phi) is 8.93. The van der Waals surface area contributed by atoms with Gasteiger partial charge in [-0.15, -0.1) is 0 Å². The van der Waals surface area contributed by atoms with Gasteiger partial charge in [0, 0.05) is 31.1 Å². The van der Waals surface area contributed by atoms with E-state index < -0.39 is 0 Å². The summed E-state index contributed by atoms with van der Waals surface area (Å²) < 4.78 is 0. The smallest absolute Gasteiger partial charge is 0.122 e. The highest BCUT2D eigenvalue weighted by atomic mass is 16.3. The van der Waals surface area contributed by atoms with E-state index in [-0.39, 0.29) is 5.41 Å². The van der Waals surface area contributed by atoms with Crippen LogP contribution >= 0.6 is 0 Å². The summed E-state index contributed by atoms with van der Waals surface area (Å²) in [6.45, 7) is 0. The Morgan fingerprint density at radius 3 is 0.894 bits per heavy atom. The normalized spacial score (nSPS) is 13.9. The molecule has 0 atom stereocenters. The van der Waals surface area contributed by atoms with Crippen molar-refractivity contribution in [2.45, 2.75) is 56.8 Å². The lowest BCUT2D eigenvalue weighted by Crippen LogP contribution is -2.25. The highest BCUT2D eigenvalue weighted by molar-refractivity contribution is 5.56. The molecule has 47 heavy (non-hydrogen) atoms. The molecule has 0 bridgehead atoms.